The lowest BCUT2D eigenvalue weighted by atomic mass is 9.63. The molecule has 53 heavy (non-hydrogen) atoms. The lowest BCUT2D eigenvalue weighted by Crippen LogP contribution is -2.46. The summed E-state index contributed by atoms with van der Waals surface area (Å²) in [6, 6.07) is 33.5. The van der Waals surface area contributed by atoms with Crippen LogP contribution in [0.1, 0.15) is 67.7 Å². The minimum absolute atomic E-state index is 0.0773. The van der Waals surface area contributed by atoms with E-state index in [0.29, 0.717) is 38.2 Å². The molecule has 2 fully saturated rings. The number of aliphatic hydroxyl groups is 1. The maximum atomic E-state index is 15.1. The van der Waals surface area contributed by atoms with Gasteiger partial charge in [0.2, 0.25) is 5.91 Å². The molecule has 2 saturated heterocycles. The molecule has 1 spiro atoms. The summed E-state index contributed by atoms with van der Waals surface area (Å²) >= 11 is 0. The fourth-order valence-electron chi connectivity index (χ4n) is 8.90. The normalized spacial score (nSPS) is 23.0. The van der Waals surface area contributed by atoms with Gasteiger partial charge in [0.25, 0.3) is 5.91 Å². The molecule has 0 aliphatic carbocycles. The van der Waals surface area contributed by atoms with Crippen LogP contribution in [-0.2, 0) is 38.4 Å². The van der Waals surface area contributed by atoms with Gasteiger partial charge in [-0.15, -0.1) is 5.10 Å². The van der Waals surface area contributed by atoms with E-state index in [1.54, 1.807) is 22.9 Å². The zero-order valence-electron chi connectivity index (χ0n) is 30.6. The Hall–Kier alpha value is -5.32. The Labute approximate surface area is 310 Å². The number of hydrogen-bond donors (Lipinski definition) is 1. The first-order valence-electron chi connectivity index (χ1n) is 18.4. The van der Waals surface area contributed by atoms with E-state index in [-0.39, 0.29) is 29.8 Å². The number of aromatic nitrogens is 3. The summed E-state index contributed by atoms with van der Waals surface area (Å²) in [4.78, 5) is 31.0. The van der Waals surface area contributed by atoms with Gasteiger partial charge in [0, 0.05) is 42.6 Å². The number of carbonyl (C=O) groups is 2. The molecule has 5 atom stereocenters. The van der Waals surface area contributed by atoms with Crippen LogP contribution in [-0.4, -0.2) is 51.7 Å². The second-order valence-corrected chi connectivity index (χ2v) is 15.0. The first-order chi connectivity index (χ1) is 25.6. The second kappa shape index (κ2) is 13.6. The van der Waals surface area contributed by atoms with E-state index in [2.05, 4.69) is 43.2 Å². The number of benzene rings is 4. The molecule has 10 nitrogen and oxygen atoms in total. The standard InChI is InChI=1S/C43H45N5O5/c1-28-39(42(2,3)31-17-19-33(52-4)20-18-31)37(21-23-46-27-35(44-45-46)40(50)30-12-6-5-7-13-30)53-43(28)34-15-8-9-16-36(34)48(41(43)51)26-29-11-10-14-32(25-29)47-24-22-38(47)49/h5-20,25,27-28,37,39-40,50H,21-24,26H2,1-4H3/t28-,37+,39-,40-,43+/m1/s1. The summed E-state index contributed by atoms with van der Waals surface area (Å²) in [5.74, 6) is 0.531. The van der Waals surface area contributed by atoms with Crippen molar-refractivity contribution in [2.75, 3.05) is 23.5 Å². The van der Waals surface area contributed by atoms with Crippen molar-refractivity contribution in [2.24, 2.45) is 11.8 Å². The van der Waals surface area contributed by atoms with Crippen LogP contribution in [0.25, 0.3) is 0 Å². The Kier molecular flexibility index (Phi) is 8.91. The Balaban J connectivity index is 1.13. The molecular weight excluding hydrogens is 667 g/mol. The van der Waals surface area contributed by atoms with Crippen LogP contribution in [0, 0.1) is 11.8 Å². The molecule has 3 aliphatic heterocycles. The highest BCUT2D eigenvalue weighted by Gasteiger charge is 2.65. The minimum atomic E-state index is -1.21. The number of amides is 2. The van der Waals surface area contributed by atoms with Gasteiger partial charge in [-0.3, -0.25) is 14.3 Å². The zero-order chi connectivity index (χ0) is 36.9. The van der Waals surface area contributed by atoms with Gasteiger partial charge in [-0.25, -0.2) is 0 Å². The molecule has 10 heteroatoms. The van der Waals surface area contributed by atoms with Crippen molar-refractivity contribution in [3.8, 4) is 5.75 Å². The summed E-state index contributed by atoms with van der Waals surface area (Å²) < 4.78 is 14.5. The van der Waals surface area contributed by atoms with E-state index in [4.69, 9.17) is 9.47 Å². The highest BCUT2D eigenvalue weighted by atomic mass is 16.5. The zero-order valence-corrected chi connectivity index (χ0v) is 30.6. The average molecular weight is 712 g/mol. The van der Waals surface area contributed by atoms with Crippen molar-refractivity contribution in [3.05, 3.63) is 137 Å². The van der Waals surface area contributed by atoms with Crippen LogP contribution in [0.2, 0.25) is 0 Å². The molecule has 4 aromatic carbocycles. The highest BCUT2D eigenvalue weighted by molar-refractivity contribution is 6.07. The number of methoxy groups -OCH3 is 1. The molecule has 5 aromatic rings. The summed E-state index contributed by atoms with van der Waals surface area (Å²) in [7, 11) is 1.66. The van der Waals surface area contributed by atoms with Crippen molar-refractivity contribution in [1.82, 2.24) is 15.0 Å². The lowest BCUT2D eigenvalue weighted by Gasteiger charge is -2.38. The Morgan fingerprint density at radius 1 is 0.981 bits per heavy atom. The Morgan fingerprint density at radius 3 is 2.45 bits per heavy atom. The number of nitrogens with zero attached hydrogens (tertiary/aromatic N) is 5. The van der Waals surface area contributed by atoms with E-state index in [9.17, 15) is 9.90 Å². The van der Waals surface area contributed by atoms with Gasteiger partial charge >= 0.3 is 0 Å². The molecule has 2 amide bonds. The first kappa shape index (κ1) is 34.7. The second-order valence-electron chi connectivity index (χ2n) is 15.0. The SMILES string of the molecule is COc1ccc(C(C)(C)[C@H]2[C@H](CCn3cc([C@H](O)c4ccccc4)nn3)O[C@@]3(C(=O)N(Cc4cccc(N5CCC5=O)c4)c4ccccc43)[C@@H]2C)cc1. The molecule has 1 aromatic heterocycles. The molecule has 0 unspecified atom stereocenters. The maximum Gasteiger partial charge on any atom is 0.264 e. The van der Waals surface area contributed by atoms with Crippen LogP contribution in [0.5, 0.6) is 5.75 Å². The Morgan fingerprint density at radius 2 is 1.74 bits per heavy atom. The lowest BCUT2D eigenvalue weighted by molar-refractivity contribution is -0.146. The number of hydrogen-bond acceptors (Lipinski definition) is 7. The van der Waals surface area contributed by atoms with Crippen LogP contribution in [0.3, 0.4) is 0 Å². The smallest absolute Gasteiger partial charge is 0.264 e. The predicted octanol–water partition coefficient (Wildman–Crippen LogP) is 6.57. The van der Waals surface area contributed by atoms with Crippen molar-refractivity contribution in [2.45, 2.75) is 69.9 Å². The fraction of sp³-hybridized carbons (Fsp3) is 0.349. The third kappa shape index (κ3) is 5.90. The van der Waals surface area contributed by atoms with Gasteiger partial charge in [0.15, 0.2) is 5.60 Å². The maximum absolute atomic E-state index is 15.1. The monoisotopic (exact) mass is 711 g/mol. The third-order valence-electron chi connectivity index (χ3n) is 11.8. The molecular formula is C43H45N5O5. The van der Waals surface area contributed by atoms with Crippen LogP contribution >= 0.6 is 0 Å². The van der Waals surface area contributed by atoms with Gasteiger partial charge < -0.3 is 24.4 Å². The highest BCUT2D eigenvalue weighted by Crippen LogP contribution is 2.60. The predicted molar refractivity (Wildman–Crippen MR) is 201 cm³/mol. The molecule has 272 valence electrons. The van der Waals surface area contributed by atoms with E-state index < -0.39 is 17.1 Å². The quantitative estimate of drug-likeness (QED) is 0.155. The summed E-state index contributed by atoms with van der Waals surface area (Å²) in [6.45, 7) is 8.18. The summed E-state index contributed by atoms with van der Waals surface area (Å²) in [5, 5.41) is 19.7. The summed E-state index contributed by atoms with van der Waals surface area (Å²) in [5.41, 5.74) is 4.25. The summed E-state index contributed by atoms with van der Waals surface area (Å²) in [6.07, 6.45) is 1.70. The third-order valence-corrected chi connectivity index (χ3v) is 11.8. The van der Waals surface area contributed by atoms with E-state index in [1.165, 1.54) is 0 Å². The number of carbonyl (C=O) groups excluding carboxylic acids is 2. The minimum Gasteiger partial charge on any atom is -0.497 e. The molecule has 1 N–H and O–H groups in total. The number of aryl methyl sites for hydroxylation is 1. The molecule has 3 aliphatic rings. The average Bonchev–Trinajstić information content (AvgIpc) is 3.84. The van der Waals surface area contributed by atoms with Gasteiger partial charge in [-0.05, 0) is 58.9 Å². The van der Waals surface area contributed by atoms with Gasteiger partial charge in [0.05, 0.1) is 31.6 Å². The van der Waals surface area contributed by atoms with Gasteiger partial charge in [0.1, 0.15) is 17.5 Å². The van der Waals surface area contributed by atoms with Crippen molar-refractivity contribution >= 4 is 23.2 Å². The topological polar surface area (TPSA) is 110 Å². The first-order valence-corrected chi connectivity index (χ1v) is 18.4. The van der Waals surface area contributed by atoms with Crippen LogP contribution in [0.15, 0.2) is 109 Å². The van der Waals surface area contributed by atoms with E-state index in [1.807, 2.05) is 95.9 Å². The number of aliphatic hydroxyl groups excluding tert-OH is 1. The van der Waals surface area contributed by atoms with Crippen molar-refractivity contribution < 1.29 is 24.2 Å². The number of anilines is 2. The van der Waals surface area contributed by atoms with Crippen molar-refractivity contribution in [3.63, 3.8) is 0 Å². The number of ether oxygens (including phenoxy) is 2. The van der Waals surface area contributed by atoms with Crippen LogP contribution in [0.4, 0.5) is 11.4 Å². The van der Waals surface area contributed by atoms with Crippen molar-refractivity contribution in [1.29, 1.82) is 0 Å². The van der Waals surface area contributed by atoms with Gasteiger partial charge in [-0.1, -0.05) is 98.8 Å². The molecule has 0 bridgehead atoms. The Bertz CT molecular complexity index is 2130. The van der Waals surface area contributed by atoms with Crippen LogP contribution < -0.4 is 14.5 Å². The number of rotatable bonds is 11. The van der Waals surface area contributed by atoms with Gasteiger partial charge in [-0.2, -0.15) is 0 Å². The molecule has 0 radical (unpaired) electrons. The number of fused-ring (bicyclic) bond motifs is 2. The molecule has 8 rings (SSSR count). The number of para-hydroxylation sites is 1. The number of β-lactam (4-membered cyclic amide) rings is 1. The van der Waals surface area contributed by atoms with E-state index >= 15 is 4.79 Å². The molecule has 4 heterocycles. The fourth-order valence-corrected chi connectivity index (χ4v) is 8.90. The van der Waals surface area contributed by atoms with E-state index in [0.717, 1.165) is 39.4 Å². The molecule has 0 saturated carbocycles. The largest absolute Gasteiger partial charge is 0.497 e.